The van der Waals surface area contributed by atoms with Crippen molar-refractivity contribution in [3.8, 4) is 0 Å². The lowest BCUT2D eigenvalue weighted by molar-refractivity contribution is 0.549. The molecule has 0 aromatic heterocycles. The molecule has 0 aliphatic heterocycles. The molecular formula is C18H31N. The van der Waals surface area contributed by atoms with Gasteiger partial charge in [0.1, 0.15) is 0 Å². The van der Waals surface area contributed by atoms with Crippen LogP contribution >= 0.6 is 0 Å². The molecule has 0 amide bonds. The predicted octanol–water partition coefficient (Wildman–Crippen LogP) is 5.65. The maximum absolute atomic E-state index is 2.59. The monoisotopic (exact) mass is 261 g/mol. The minimum atomic E-state index is 0.651. The zero-order valence-corrected chi connectivity index (χ0v) is 13.1. The van der Waals surface area contributed by atoms with Gasteiger partial charge in [0, 0.05) is 18.3 Å². The van der Waals surface area contributed by atoms with Crippen molar-refractivity contribution >= 4 is 5.69 Å². The number of hydrogen-bond donors (Lipinski definition) is 0. The maximum atomic E-state index is 2.59. The average Bonchev–Trinajstić information content (AvgIpc) is 2.44. The van der Waals surface area contributed by atoms with Crippen LogP contribution in [0.1, 0.15) is 65.7 Å². The average molecular weight is 261 g/mol. The topological polar surface area (TPSA) is 3.24 Å². The number of para-hydroxylation sites is 1. The summed E-state index contributed by atoms with van der Waals surface area (Å²) in [5.74, 6) is 0. The van der Waals surface area contributed by atoms with Crippen LogP contribution in [0.5, 0.6) is 0 Å². The van der Waals surface area contributed by atoms with Gasteiger partial charge < -0.3 is 4.90 Å². The van der Waals surface area contributed by atoms with E-state index in [-0.39, 0.29) is 0 Å². The molecule has 0 saturated carbocycles. The fourth-order valence-electron chi connectivity index (χ4n) is 2.68. The van der Waals surface area contributed by atoms with E-state index in [0.717, 1.165) is 0 Å². The molecule has 1 aromatic rings. The van der Waals surface area contributed by atoms with Crippen molar-refractivity contribution in [1.29, 1.82) is 0 Å². The lowest BCUT2D eigenvalue weighted by Crippen LogP contribution is -2.33. The molecular weight excluding hydrogens is 230 g/mol. The molecule has 0 bridgehead atoms. The van der Waals surface area contributed by atoms with Crippen molar-refractivity contribution < 1.29 is 0 Å². The molecule has 19 heavy (non-hydrogen) atoms. The van der Waals surface area contributed by atoms with Gasteiger partial charge in [-0.05, 0) is 31.9 Å². The van der Waals surface area contributed by atoms with Crippen LogP contribution in [0, 0.1) is 0 Å². The van der Waals surface area contributed by atoms with Crippen molar-refractivity contribution in [2.75, 3.05) is 11.4 Å². The Balaban J connectivity index is 2.50. The highest BCUT2D eigenvalue weighted by Crippen LogP contribution is 2.20. The molecule has 1 nitrogen and oxygen atoms in total. The molecule has 0 spiro atoms. The minimum absolute atomic E-state index is 0.651. The Kier molecular flexibility index (Phi) is 8.36. The second-order valence-electron chi connectivity index (χ2n) is 5.58. The number of hydrogen-bond acceptors (Lipinski definition) is 1. The highest BCUT2D eigenvalue weighted by atomic mass is 15.2. The number of rotatable bonds is 10. The first kappa shape index (κ1) is 16.1. The van der Waals surface area contributed by atoms with Gasteiger partial charge in [0.25, 0.3) is 0 Å². The normalized spacial score (nSPS) is 12.4. The first-order valence-electron chi connectivity index (χ1n) is 8.11. The summed E-state index contributed by atoms with van der Waals surface area (Å²) in [4.78, 5) is 2.59. The van der Waals surface area contributed by atoms with Crippen LogP contribution in [0.4, 0.5) is 5.69 Å². The van der Waals surface area contributed by atoms with Crippen molar-refractivity contribution in [3.63, 3.8) is 0 Å². The number of anilines is 1. The van der Waals surface area contributed by atoms with E-state index in [2.05, 4.69) is 56.0 Å². The first-order valence-corrected chi connectivity index (χ1v) is 8.11. The third-order valence-corrected chi connectivity index (χ3v) is 3.83. The van der Waals surface area contributed by atoms with Crippen molar-refractivity contribution in [1.82, 2.24) is 0 Å². The molecule has 0 heterocycles. The molecule has 0 radical (unpaired) electrons. The summed E-state index contributed by atoms with van der Waals surface area (Å²) in [5.41, 5.74) is 1.39. The highest BCUT2D eigenvalue weighted by Gasteiger charge is 2.12. The largest absolute Gasteiger partial charge is 0.369 e. The van der Waals surface area contributed by atoms with E-state index in [9.17, 15) is 0 Å². The van der Waals surface area contributed by atoms with Gasteiger partial charge in [-0.15, -0.1) is 0 Å². The van der Waals surface area contributed by atoms with E-state index < -0.39 is 0 Å². The van der Waals surface area contributed by atoms with Crippen molar-refractivity contribution in [3.05, 3.63) is 30.3 Å². The summed E-state index contributed by atoms with van der Waals surface area (Å²) in [6.45, 7) is 8.12. The van der Waals surface area contributed by atoms with Crippen molar-refractivity contribution in [2.24, 2.45) is 0 Å². The quantitative estimate of drug-likeness (QED) is 0.492. The molecule has 0 N–H and O–H groups in total. The Labute approximate surface area is 120 Å². The summed E-state index contributed by atoms with van der Waals surface area (Å²) in [5, 5.41) is 0. The highest BCUT2D eigenvalue weighted by molar-refractivity contribution is 5.46. The zero-order chi connectivity index (χ0) is 13.9. The van der Waals surface area contributed by atoms with Gasteiger partial charge in [-0.25, -0.2) is 0 Å². The van der Waals surface area contributed by atoms with Crippen LogP contribution < -0.4 is 4.90 Å². The molecule has 108 valence electrons. The molecule has 1 unspecified atom stereocenters. The molecule has 0 aliphatic rings. The molecule has 1 heteroatoms. The summed E-state index contributed by atoms with van der Waals surface area (Å²) >= 11 is 0. The number of benzene rings is 1. The smallest absolute Gasteiger partial charge is 0.0368 e. The van der Waals surface area contributed by atoms with Gasteiger partial charge in [-0.1, -0.05) is 64.2 Å². The van der Waals surface area contributed by atoms with E-state index >= 15 is 0 Å². The van der Waals surface area contributed by atoms with Crippen LogP contribution in [-0.4, -0.2) is 12.6 Å². The lowest BCUT2D eigenvalue weighted by atomic mass is 10.1. The SMILES string of the molecule is CCCCCCCN(c1ccccc1)C(C)CCC. The Morgan fingerprint density at radius 3 is 2.21 bits per heavy atom. The Morgan fingerprint density at radius 2 is 1.58 bits per heavy atom. The Hall–Kier alpha value is -0.980. The van der Waals surface area contributed by atoms with Gasteiger partial charge in [0.15, 0.2) is 0 Å². The molecule has 0 fully saturated rings. The summed E-state index contributed by atoms with van der Waals surface area (Å²) in [7, 11) is 0. The molecule has 1 aromatic carbocycles. The standard InChI is InChI=1S/C18H31N/c1-4-6-7-8-12-16-19(17(3)13-5-2)18-14-10-9-11-15-18/h9-11,14-15,17H,4-8,12-13,16H2,1-3H3. The van der Waals surface area contributed by atoms with E-state index in [1.54, 1.807) is 0 Å². The molecule has 1 atom stereocenters. The van der Waals surface area contributed by atoms with Crippen molar-refractivity contribution in [2.45, 2.75) is 71.8 Å². The van der Waals surface area contributed by atoms with E-state index in [1.807, 2.05) is 0 Å². The number of nitrogens with zero attached hydrogens (tertiary/aromatic N) is 1. The van der Waals surface area contributed by atoms with E-state index in [4.69, 9.17) is 0 Å². The second kappa shape index (κ2) is 9.89. The molecule has 1 rings (SSSR count). The summed E-state index contributed by atoms with van der Waals surface area (Å²) < 4.78 is 0. The first-order chi connectivity index (χ1) is 9.29. The third kappa shape index (κ3) is 6.13. The third-order valence-electron chi connectivity index (χ3n) is 3.83. The second-order valence-corrected chi connectivity index (χ2v) is 5.58. The van der Waals surface area contributed by atoms with Gasteiger partial charge >= 0.3 is 0 Å². The van der Waals surface area contributed by atoms with Gasteiger partial charge in [-0.3, -0.25) is 0 Å². The van der Waals surface area contributed by atoms with Crippen LogP contribution in [-0.2, 0) is 0 Å². The maximum Gasteiger partial charge on any atom is 0.0368 e. The Morgan fingerprint density at radius 1 is 0.895 bits per heavy atom. The molecule has 0 saturated heterocycles. The molecule has 0 aliphatic carbocycles. The van der Waals surface area contributed by atoms with E-state index in [0.29, 0.717) is 6.04 Å². The summed E-state index contributed by atoms with van der Waals surface area (Å²) in [6.07, 6.45) is 9.34. The van der Waals surface area contributed by atoms with Crippen LogP contribution in [0.25, 0.3) is 0 Å². The van der Waals surface area contributed by atoms with Crippen LogP contribution in [0.15, 0.2) is 30.3 Å². The summed E-state index contributed by atoms with van der Waals surface area (Å²) in [6, 6.07) is 11.6. The van der Waals surface area contributed by atoms with Gasteiger partial charge in [0.2, 0.25) is 0 Å². The van der Waals surface area contributed by atoms with Crippen LogP contribution in [0.3, 0.4) is 0 Å². The predicted molar refractivity (Wildman–Crippen MR) is 86.9 cm³/mol. The minimum Gasteiger partial charge on any atom is -0.369 e. The van der Waals surface area contributed by atoms with Gasteiger partial charge in [-0.2, -0.15) is 0 Å². The lowest BCUT2D eigenvalue weighted by Gasteiger charge is -2.31. The van der Waals surface area contributed by atoms with Crippen LogP contribution in [0.2, 0.25) is 0 Å². The fraction of sp³-hybridized carbons (Fsp3) is 0.667. The zero-order valence-electron chi connectivity index (χ0n) is 13.1. The van der Waals surface area contributed by atoms with E-state index in [1.165, 1.54) is 57.2 Å². The fourth-order valence-corrected chi connectivity index (χ4v) is 2.68. The van der Waals surface area contributed by atoms with Gasteiger partial charge in [0.05, 0.1) is 0 Å². The Bertz CT molecular complexity index is 307. The number of unbranched alkanes of at least 4 members (excludes halogenated alkanes) is 4.